The second kappa shape index (κ2) is 11.5. The van der Waals surface area contributed by atoms with Crippen LogP contribution in [0.4, 0.5) is 16.2 Å². The normalized spacial score (nSPS) is 10.6. The SMILES string of the molecule is O=C(Nc1cccc(Oc2ncccc2C(=O)NCc2ccccc2Cl)c1)Nc1cccc2ccccc12. The predicted octanol–water partition coefficient (Wildman–Crippen LogP) is 7.25. The minimum Gasteiger partial charge on any atom is -0.438 e. The van der Waals surface area contributed by atoms with E-state index in [0.29, 0.717) is 22.1 Å². The van der Waals surface area contributed by atoms with Gasteiger partial charge in [-0.2, -0.15) is 0 Å². The van der Waals surface area contributed by atoms with E-state index < -0.39 is 6.03 Å². The zero-order valence-electron chi connectivity index (χ0n) is 20.1. The Bertz CT molecular complexity index is 1620. The molecule has 0 atom stereocenters. The van der Waals surface area contributed by atoms with Gasteiger partial charge < -0.3 is 20.7 Å². The second-order valence-corrected chi connectivity index (χ2v) is 8.77. The van der Waals surface area contributed by atoms with Crippen molar-refractivity contribution in [3.63, 3.8) is 0 Å². The standard InChI is InChI=1S/C30H23ClN4O3/c31-26-15-4-2-9-21(26)19-33-28(36)25-14-7-17-32-29(25)38-23-12-6-11-22(18-23)34-30(37)35-27-16-5-10-20-8-1-3-13-24(20)27/h1-18H,19H2,(H,33,36)(H2,34,35,37). The van der Waals surface area contributed by atoms with Gasteiger partial charge in [-0.05, 0) is 47.3 Å². The summed E-state index contributed by atoms with van der Waals surface area (Å²) in [4.78, 5) is 29.8. The van der Waals surface area contributed by atoms with Crippen LogP contribution in [0, 0.1) is 0 Å². The number of carbonyl (C=O) groups is 2. The molecule has 5 rings (SSSR count). The first-order valence-electron chi connectivity index (χ1n) is 11.9. The number of fused-ring (bicyclic) bond motifs is 1. The summed E-state index contributed by atoms with van der Waals surface area (Å²) >= 11 is 6.19. The summed E-state index contributed by atoms with van der Waals surface area (Å²) in [7, 11) is 0. The van der Waals surface area contributed by atoms with Crippen molar-refractivity contribution in [2.24, 2.45) is 0 Å². The van der Waals surface area contributed by atoms with Crippen LogP contribution in [0.25, 0.3) is 10.8 Å². The lowest BCUT2D eigenvalue weighted by molar-refractivity contribution is 0.0948. The van der Waals surface area contributed by atoms with Crippen LogP contribution in [0.3, 0.4) is 0 Å². The highest BCUT2D eigenvalue weighted by Crippen LogP contribution is 2.27. The molecule has 0 saturated heterocycles. The maximum absolute atomic E-state index is 12.9. The molecule has 0 spiro atoms. The van der Waals surface area contributed by atoms with Gasteiger partial charge in [0.2, 0.25) is 5.88 Å². The molecule has 4 aromatic carbocycles. The number of ether oxygens (including phenoxy) is 1. The van der Waals surface area contributed by atoms with E-state index in [1.54, 1.807) is 48.7 Å². The summed E-state index contributed by atoms with van der Waals surface area (Å²) in [6.07, 6.45) is 1.54. The highest BCUT2D eigenvalue weighted by Gasteiger charge is 2.15. The molecule has 38 heavy (non-hydrogen) atoms. The van der Waals surface area contributed by atoms with Crippen molar-refractivity contribution in [2.45, 2.75) is 6.54 Å². The van der Waals surface area contributed by atoms with E-state index in [0.717, 1.165) is 16.3 Å². The summed E-state index contributed by atoms with van der Waals surface area (Å²) in [5.74, 6) is 0.199. The molecule has 0 unspecified atom stereocenters. The lowest BCUT2D eigenvalue weighted by Gasteiger charge is -2.13. The zero-order chi connectivity index (χ0) is 26.3. The molecule has 5 aromatic rings. The van der Waals surface area contributed by atoms with Crippen LogP contribution in [0.1, 0.15) is 15.9 Å². The van der Waals surface area contributed by atoms with Crippen LogP contribution in [-0.4, -0.2) is 16.9 Å². The van der Waals surface area contributed by atoms with Gasteiger partial charge in [-0.25, -0.2) is 9.78 Å². The molecule has 3 amide bonds. The number of carbonyl (C=O) groups excluding carboxylic acids is 2. The zero-order valence-corrected chi connectivity index (χ0v) is 20.9. The van der Waals surface area contributed by atoms with Crippen LogP contribution >= 0.6 is 11.6 Å². The fraction of sp³-hybridized carbons (Fsp3) is 0.0333. The van der Waals surface area contributed by atoms with Gasteiger partial charge >= 0.3 is 6.03 Å². The van der Waals surface area contributed by atoms with Gasteiger partial charge in [-0.1, -0.05) is 72.3 Å². The molecule has 1 aromatic heterocycles. The highest BCUT2D eigenvalue weighted by atomic mass is 35.5. The lowest BCUT2D eigenvalue weighted by Crippen LogP contribution is -2.23. The Kier molecular flexibility index (Phi) is 7.47. The number of urea groups is 1. The van der Waals surface area contributed by atoms with E-state index >= 15 is 0 Å². The first-order chi connectivity index (χ1) is 18.6. The number of halogens is 1. The van der Waals surface area contributed by atoms with Crippen molar-refractivity contribution in [2.75, 3.05) is 10.6 Å². The third kappa shape index (κ3) is 5.91. The summed E-state index contributed by atoms with van der Waals surface area (Å²) in [5, 5.41) is 11.1. The van der Waals surface area contributed by atoms with E-state index in [1.165, 1.54) is 0 Å². The summed E-state index contributed by atoms with van der Waals surface area (Å²) in [6.45, 7) is 0.262. The highest BCUT2D eigenvalue weighted by molar-refractivity contribution is 6.31. The molecular weight excluding hydrogens is 500 g/mol. The van der Waals surface area contributed by atoms with Gasteiger partial charge in [0.05, 0.1) is 5.69 Å². The van der Waals surface area contributed by atoms with Crippen molar-refractivity contribution < 1.29 is 14.3 Å². The predicted molar refractivity (Wildman–Crippen MR) is 150 cm³/mol. The molecule has 3 N–H and O–H groups in total. The van der Waals surface area contributed by atoms with Gasteiger partial charge in [-0.15, -0.1) is 0 Å². The van der Waals surface area contributed by atoms with Gasteiger partial charge in [0.25, 0.3) is 5.91 Å². The van der Waals surface area contributed by atoms with Crippen LogP contribution < -0.4 is 20.7 Å². The number of amides is 3. The second-order valence-electron chi connectivity index (χ2n) is 8.37. The van der Waals surface area contributed by atoms with Gasteiger partial charge in [-0.3, -0.25) is 4.79 Å². The minimum absolute atomic E-state index is 0.140. The monoisotopic (exact) mass is 522 g/mol. The Morgan fingerprint density at radius 1 is 0.816 bits per heavy atom. The van der Waals surface area contributed by atoms with E-state index in [2.05, 4.69) is 20.9 Å². The molecule has 0 bridgehead atoms. The number of pyridine rings is 1. The maximum atomic E-state index is 12.9. The summed E-state index contributed by atoms with van der Waals surface area (Å²) in [5.41, 5.74) is 2.29. The third-order valence-electron chi connectivity index (χ3n) is 5.76. The molecule has 0 aliphatic heterocycles. The Morgan fingerprint density at radius 2 is 1.61 bits per heavy atom. The average molecular weight is 523 g/mol. The van der Waals surface area contributed by atoms with Crippen LogP contribution in [0.15, 0.2) is 109 Å². The fourth-order valence-electron chi connectivity index (χ4n) is 3.93. The van der Waals surface area contributed by atoms with Crippen molar-refractivity contribution in [3.8, 4) is 11.6 Å². The number of aromatic nitrogens is 1. The molecule has 0 radical (unpaired) electrons. The quantitative estimate of drug-likeness (QED) is 0.210. The Morgan fingerprint density at radius 3 is 2.50 bits per heavy atom. The minimum atomic E-state index is -0.393. The molecular formula is C30H23ClN4O3. The van der Waals surface area contributed by atoms with E-state index in [9.17, 15) is 9.59 Å². The van der Waals surface area contributed by atoms with Gasteiger partial charge in [0.15, 0.2) is 0 Å². The molecule has 1 heterocycles. The van der Waals surface area contributed by atoms with Crippen molar-refractivity contribution in [3.05, 3.63) is 125 Å². The molecule has 0 aliphatic rings. The van der Waals surface area contributed by atoms with Crippen molar-refractivity contribution >= 4 is 45.7 Å². The largest absolute Gasteiger partial charge is 0.438 e. The number of hydrogen-bond donors (Lipinski definition) is 3. The molecule has 7 nitrogen and oxygen atoms in total. The number of nitrogens with one attached hydrogen (secondary N) is 3. The van der Waals surface area contributed by atoms with Crippen LogP contribution in [0.2, 0.25) is 5.02 Å². The van der Waals surface area contributed by atoms with Crippen molar-refractivity contribution in [1.82, 2.24) is 10.3 Å². The molecule has 188 valence electrons. The number of nitrogens with zero attached hydrogens (tertiary/aromatic N) is 1. The first-order valence-corrected chi connectivity index (χ1v) is 12.2. The molecule has 0 saturated carbocycles. The Labute approximate surface area is 224 Å². The van der Waals surface area contributed by atoms with E-state index in [-0.39, 0.29) is 23.9 Å². The van der Waals surface area contributed by atoms with Crippen molar-refractivity contribution in [1.29, 1.82) is 0 Å². The average Bonchev–Trinajstić information content (AvgIpc) is 2.93. The fourth-order valence-corrected chi connectivity index (χ4v) is 4.13. The van der Waals surface area contributed by atoms with Gasteiger partial charge in [0, 0.05) is 34.9 Å². The number of anilines is 2. The Balaban J connectivity index is 1.26. The number of rotatable bonds is 7. The van der Waals surface area contributed by atoms with Gasteiger partial charge in [0.1, 0.15) is 11.3 Å². The molecule has 0 aliphatic carbocycles. The Hall–Kier alpha value is -4.88. The van der Waals surface area contributed by atoms with E-state index in [1.807, 2.05) is 60.7 Å². The molecule has 8 heteroatoms. The number of hydrogen-bond acceptors (Lipinski definition) is 4. The van der Waals surface area contributed by atoms with Crippen LogP contribution in [-0.2, 0) is 6.54 Å². The van der Waals surface area contributed by atoms with Crippen LogP contribution in [0.5, 0.6) is 11.6 Å². The smallest absolute Gasteiger partial charge is 0.323 e. The third-order valence-corrected chi connectivity index (χ3v) is 6.13. The topological polar surface area (TPSA) is 92.3 Å². The van der Waals surface area contributed by atoms with E-state index in [4.69, 9.17) is 16.3 Å². The first kappa shape index (κ1) is 24.8. The lowest BCUT2D eigenvalue weighted by atomic mass is 10.1. The molecule has 0 fully saturated rings. The number of benzene rings is 4. The summed E-state index contributed by atoms with van der Waals surface area (Å²) in [6, 6.07) is 30.6. The maximum Gasteiger partial charge on any atom is 0.323 e. The summed E-state index contributed by atoms with van der Waals surface area (Å²) < 4.78 is 5.93.